The minimum absolute atomic E-state index is 0.106. The van der Waals surface area contributed by atoms with Crippen LogP contribution in [-0.2, 0) is 4.74 Å². The van der Waals surface area contributed by atoms with Gasteiger partial charge in [0, 0.05) is 67.6 Å². The summed E-state index contributed by atoms with van der Waals surface area (Å²) >= 11 is 0. The molecule has 2 aromatic carbocycles. The molecule has 38 heavy (non-hydrogen) atoms. The molecule has 1 saturated heterocycles. The van der Waals surface area contributed by atoms with E-state index in [0.29, 0.717) is 22.5 Å². The van der Waals surface area contributed by atoms with Crippen LogP contribution in [0, 0.1) is 0 Å². The highest BCUT2D eigenvalue weighted by atomic mass is 16.5. The second kappa shape index (κ2) is 10.1. The van der Waals surface area contributed by atoms with Crippen LogP contribution in [0.4, 0.5) is 17.2 Å². The van der Waals surface area contributed by atoms with Crippen LogP contribution in [0.2, 0.25) is 0 Å². The molecule has 5 aromatic rings. The molecule has 3 N–H and O–H groups in total. The fraction of sp³-hybridized carbons (Fsp3) is 0.259. The van der Waals surface area contributed by atoms with Crippen LogP contribution < -0.4 is 10.2 Å². The molecule has 0 atom stereocenters. The van der Waals surface area contributed by atoms with E-state index >= 15 is 0 Å². The van der Waals surface area contributed by atoms with E-state index in [-0.39, 0.29) is 19.1 Å². The Labute approximate surface area is 218 Å². The molecule has 0 saturated carbocycles. The van der Waals surface area contributed by atoms with Gasteiger partial charge >= 0.3 is 0 Å². The molecule has 0 aliphatic carbocycles. The van der Waals surface area contributed by atoms with E-state index in [1.165, 1.54) is 10.6 Å². The number of nitrogens with one attached hydrogen (secondary N) is 2. The number of carbonyl (C=O) groups is 1. The second-order valence-corrected chi connectivity index (χ2v) is 9.19. The Hall–Kier alpha value is -4.48. The van der Waals surface area contributed by atoms with Crippen molar-refractivity contribution in [2.75, 3.05) is 56.7 Å². The number of likely N-dealkylation sites (N-methyl/N-ethyl adjacent to an activating group) is 1. The number of hydrogen-bond acceptors (Lipinski definition) is 8. The van der Waals surface area contributed by atoms with Crippen LogP contribution in [0.25, 0.3) is 27.8 Å². The minimum atomic E-state index is -0.248. The lowest BCUT2D eigenvalue weighted by Crippen LogP contribution is -2.36. The Morgan fingerprint density at radius 2 is 2.00 bits per heavy atom. The Balaban J connectivity index is 1.29. The first-order chi connectivity index (χ1) is 18.6. The van der Waals surface area contributed by atoms with Gasteiger partial charge in [0.1, 0.15) is 0 Å². The molecule has 11 nitrogen and oxygen atoms in total. The molecule has 11 heteroatoms. The number of hydrogen-bond donors (Lipinski definition) is 3. The van der Waals surface area contributed by atoms with Gasteiger partial charge in [-0.25, -0.2) is 9.97 Å². The van der Waals surface area contributed by atoms with Crippen LogP contribution in [0.1, 0.15) is 10.5 Å². The van der Waals surface area contributed by atoms with Crippen molar-refractivity contribution in [3.05, 3.63) is 66.7 Å². The lowest BCUT2D eigenvalue weighted by molar-refractivity contribution is 0.0763. The number of nitrogens with zero attached hydrogens (tertiary/aromatic N) is 6. The van der Waals surface area contributed by atoms with Crippen molar-refractivity contribution in [1.82, 2.24) is 29.5 Å². The fourth-order valence-corrected chi connectivity index (χ4v) is 4.64. The van der Waals surface area contributed by atoms with Crippen LogP contribution in [-0.4, -0.2) is 87.0 Å². The van der Waals surface area contributed by atoms with Crippen molar-refractivity contribution < 1.29 is 14.6 Å². The third-order valence-corrected chi connectivity index (χ3v) is 6.72. The molecule has 0 spiro atoms. The molecule has 1 aliphatic heterocycles. The van der Waals surface area contributed by atoms with Gasteiger partial charge in [-0.1, -0.05) is 6.07 Å². The number of aliphatic hydroxyl groups excluding tert-OH is 1. The summed E-state index contributed by atoms with van der Waals surface area (Å²) in [5, 5.41) is 20.5. The smallest absolute Gasteiger partial charge is 0.274 e. The van der Waals surface area contributed by atoms with Gasteiger partial charge in [-0.05, 0) is 36.4 Å². The zero-order valence-electron chi connectivity index (χ0n) is 21.0. The van der Waals surface area contributed by atoms with E-state index in [2.05, 4.69) is 37.5 Å². The number of ether oxygens (including phenoxy) is 1. The minimum Gasteiger partial charge on any atom is -0.395 e. The van der Waals surface area contributed by atoms with E-state index in [4.69, 9.17) is 14.8 Å². The summed E-state index contributed by atoms with van der Waals surface area (Å²) in [6, 6.07) is 14.0. The van der Waals surface area contributed by atoms with Gasteiger partial charge in [-0.3, -0.25) is 9.89 Å². The number of aromatic amines is 1. The first kappa shape index (κ1) is 23.9. The van der Waals surface area contributed by atoms with Crippen molar-refractivity contribution in [1.29, 1.82) is 0 Å². The van der Waals surface area contributed by atoms with Crippen LogP contribution in [0.15, 0.2) is 61.1 Å². The van der Waals surface area contributed by atoms with Gasteiger partial charge in [0.25, 0.3) is 5.91 Å². The molecule has 1 aliphatic rings. The van der Waals surface area contributed by atoms with E-state index in [9.17, 15) is 4.79 Å². The van der Waals surface area contributed by atoms with Crippen molar-refractivity contribution in [2.45, 2.75) is 0 Å². The Bertz CT molecular complexity index is 1590. The molecular formula is C27H28N8O3. The highest BCUT2D eigenvalue weighted by molar-refractivity contribution is 6.05. The average molecular weight is 513 g/mol. The molecule has 1 fully saturated rings. The molecule has 4 heterocycles. The lowest BCUT2D eigenvalue weighted by atomic mass is 10.1. The monoisotopic (exact) mass is 512 g/mol. The van der Waals surface area contributed by atoms with E-state index < -0.39 is 0 Å². The third kappa shape index (κ3) is 4.53. The molecular weight excluding hydrogens is 484 g/mol. The van der Waals surface area contributed by atoms with Gasteiger partial charge in [0.15, 0.2) is 17.2 Å². The Kier molecular flexibility index (Phi) is 6.36. The Morgan fingerprint density at radius 1 is 1.18 bits per heavy atom. The molecule has 0 unspecified atom stereocenters. The normalized spacial score (nSPS) is 13.8. The maximum absolute atomic E-state index is 12.7. The highest BCUT2D eigenvalue weighted by Crippen LogP contribution is 2.28. The fourth-order valence-electron chi connectivity index (χ4n) is 4.64. The zero-order chi connectivity index (χ0) is 26.1. The first-order valence-electron chi connectivity index (χ1n) is 12.5. The lowest BCUT2D eigenvalue weighted by Gasteiger charge is -2.28. The quantitative estimate of drug-likeness (QED) is 0.304. The average Bonchev–Trinajstić information content (AvgIpc) is 3.61. The van der Waals surface area contributed by atoms with Gasteiger partial charge in [-0.2, -0.15) is 5.10 Å². The van der Waals surface area contributed by atoms with Gasteiger partial charge in [-0.15, -0.1) is 0 Å². The molecule has 3 aromatic heterocycles. The summed E-state index contributed by atoms with van der Waals surface area (Å²) in [6.07, 6.45) is 5.55. The summed E-state index contributed by atoms with van der Waals surface area (Å²) in [4.78, 5) is 25.8. The number of rotatable bonds is 7. The predicted octanol–water partition coefficient (Wildman–Crippen LogP) is 2.92. The van der Waals surface area contributed by atoms with Crippen LogP contribution in [0.5, 0.6) is 0 Å². The van der Waals surface area contributed by atoms with E-state index in [0.717, 1.165) is 48.8 Å². The zero-order valence-corrected chi connectivity index (χ0v) is 21.0. The number of anilines is 3. The van der Waals surface area contributed by atoms with Crippen LogP contribution in [0.3, 0.4) is 0 Å². The number of fused-ring (bicyclic) bond motifs is 2. The highest BCUT2D eigenvalue weighted by Gasteiger charge is 2.19. The SMILES string of the molecule is CN(CCO)C(=O)c1n[nH]c2cc(-c3cn4ccnc4c(Nc4ccc(N5CCOCC5)cc4)n3)ccc12. The van der Waals surface area contributed by atoms with E-state index in [1.807, 2.05) is 47.1 Å². The third-order valence-electron chi connectivity index (χ3n) is 6.72. The summed E-state index contributed by atoms with van der Waals surface area (Å²) in [5.74, 6) is 0.389. The van der Waals surface area contributed by atoms with Gasteiger partial charge in [0.2, 0.25) is 0 Å². The summed E-state index contributed by atoms with van der Waals surface area (Å²) < 4.78 is 7.39. The Morgan fingerprint density at radius 3 is 2.79 bits per heavy atom. The maximum Gasteiger partial charge on any atom is 0.274 e. The standard InChI is InChI=1S/C27H28N8O3/c1-33(10-13-36)27(37)24-21-7-2-18(16-22(21)31-32-24)23-17-35-9-8-28-26(35)25(30-23)29-19-3-5-20(6-4-19)34-11-14-38-15-12-34/h2-9,16-17,36H,10-15H2,1H3,(H,29,30)(H,31,32). The largest absolute Gasteiger partial charge is 0.395 e. The number of amides is 1. The molecule has 194 valence electrons. The number of aromatic nitrogens is 5. The molecule has 1 amide bonds. The second-order valence-electron chi connectivity index (χ2n) is 9.19. The van der Waals surface area contributed by atoms with Crippen molar-refractivity contribution in [2.24, 2.45) is 0 Å². The number of carbonyl (C=O) groups excluding carboxylic acids is 1. The predicted molar refractivity (Wildman–Crippen MR) is 145 cm³/mol. The summed E-state index contributed by atoms with van der Waals surface area (Å²) in [6.45, 7) is 3.41. The number of imidazole rings is 1. The first-order valence-corrected chi connectivity index (χ1v) is 12.5. The van der Waals surface area contributed by atoms with Gasteiger partial charge < -0.3 is 29.4 Å². The van der Waals surface area contributed by atoms with Gasteiger partial charge in [0.05, 0.1) is 31.0 Å². The van der Waals surface area contributed by atoms with E-state index in [1.54, 1.807) is 13.2 Å². The molecule has 6 rings (SSSR count). The molecule has 0 radical (unpaired) electrons. The number of benzene rings is 2. The molecule has 0 bridgehead atoms. The van der Waals surface area contributed by atoms with Crippen molar-refractivity contribution in [3.63, 3.8) is 0 Å². The number of H-pyrrole nitrogens is 1. The van der Waals surface area contributed by atoms with Crippen LogP contribution >= 0.6 is 0 Å². The summed E-state index contributed by atoms with van der Waals surface area (Å²) in [7, 11) is 1.64. The summed E-state index contributed by atoms with van der Waals surface area (Å²) in [5.41, 5.74) is 5.45. The van der Waals surface area contributed by atoms with Crippen molar-refractivity contribution >= 4 is 39.6 Å². The number of aliphatic hydroxyl groups is 1. The number of morpholine rings is 1. The topological polar surface area (TPSA) is 124 Å². The van der Waals surface area contributed by atoms with Crippen molar-refractivity contribution in [3.8, 4) is 11.3 Å². The maximum atomic E-state index is 12.7.